The smallest absolute Gasteiger partial charge is 0.229 e. The molecule has 1 aromatic carbocycles. The molecule has 0 atom stereocenters. The Labute approximate surface area is 113 Å². The summed E-state index contributed by atoms with van der Waals surface area (Å²) in [6, 6.07) is 5.56. The Hall–Kier alpha value is -1.14. The van der Waals surface area contributed by atoms with Crippen LogP contribution in [0.5, 0.6) is 0 Å². The van der Waals surface area contributed by atoms with Gasteiger partial charge in [-0.2, -0.15) is 0 Å². The maximum atomic E-state index is 11.2. The molecule has 0 saturated heterocycles. The van der Waals surface area contributed by atoms with Gasteiger partial charge in [0.2, 0.25) is 10.0 Å². The summed E-state index contributed by atoms with van der Waals surface area (Å²) in [6.45, 7) is 3.02. The molecule has 1 aliphatic rings. The Bertz CT molecular complexity index is 582. The van der Waals surface area contributed by atoms with E-state index >= 15 is 0 Å². The average molecular weight is 284 g/mol. The number of rotatable bonds is 4. The van der Waals surface area contributed by atoms with Gasteiger partial charge in [-0.3, -0.25) is 4.72 Å². The summed E-state index contributed by atoms with van der Waals surface area (Å²) in [5.74, 6) is 0. The summed E-state index contributed by atoms with van der Waals surface area (Å²) in [5.41, 5.74) is 2.78. The minimum absolute atomic E-state index is 0.595. The molecule has 0 bridgehead atoms. The Morgan fingerprint density at radius 2 is 2.17 bits per heavy atom. The van der Waals surface area contributed by atoms with Gasteiger partial charge in [-0.05, 0) is 30.2 Å². The summed E-state index contributed by atoms with van der Waals surface area (Å²) in [5, 5.41) is 0. The van der Waals surface area contributed by atoms with Crippen LogP contribution in [0.3, 0.4) is 0 Å². The lowest BCUT2D eigenvalue weighted by molar-refractivity contribution is 0.607. The van der Waals surface area contributed by atoms with Gasteiger partial charge >= 0.3 is 0 Å². The van der Waals surface area contributed by atoms with Crippen molar-refractivity contribution in [3.63, 3.8) is 0 Å². The van der Waals surface area contributed by atoms with Crippen LogP contribution < -0.4 is 9.62 Å². The molecule has 0 spiro atoms. The number of hydrogen-bond donors (Lipinski definition) is 1. The summed E-state index contributed by atoms with van der Waals surface area (Å²) < 4.78 is 24.9. The van der Waals surface area contributed by atoms with Gasteiger partial charge in [0.05, 0.1) is 11.2 Å². The summed E-state index contributed by atoms with van der Waals surface area (Å²) in [4.78, 5) is 3.03. The summed E-state index contributed by atoms with van der Waals surface area (Å²) in [7, 11) is -3.23. The molecule has 0 radical (unpaired) electrons. The average Bonchev–Trinajstić information content (AvgIpc) is 2.53. The molecule has 18 heavy (non-hydrogen) atoms. The fourth-order valence-corrected chi connectivity index (χ4v) is 3.03. The standard InChI is InChI=1S/C12H16N2O2S2/c1-3-6-14-11-5-4-10(13-18(2,15)16)7-9(11)8-12(14)17/h4-5,7,13H,3,6,8H2,1-2H3. The molecule has 0 aliphatic carbocycles. The maximum absolute atomic E-state index is 11.2. The van der Waals surface area contributed by atoms with E-state index in [0.717, 1.165) is 35.5 Å². The topological polar surface area (TPSA) is 49.4 Å². The predicted molar refractivity (Wildman–Crippen MR) is 78.8 cm³/mol. The molecule has 0 unspecified atom stereocenters. The van der Waals surface area contributed by atoms with Crippen LogP contribution in [0.1, 0.15) is 18.9 Å². The van der Waals surface area contributed by atoms with E-state index in [2.05, 4.69) is 16.5 Å². The zero-order chi connectivity index (χ0) is 13.3. The van der Waals surface area contributed by atoms with E-state index < -0.39 is 10.0 Å². The van der Waals surface area contributed by atoms with Gasteiger partial charge in [-0.15, -0.1) is 0 Å². The SMILES string of the molecule is CCCN1C(=S)Cc2cc(NS(C)(=O)=O)ccc21. The quantitative estimate of drug-likeness (QED) is 0.861. The van der Waals surface area contributed by atoms with Gasteiger partial charge in [0.25, 0.3) is 0 Å². The lowest BCUT2D eigenvalue weighted by atomic mass is 10.1. The van der Waals surface area contributed by atoms with Crippen LogP contribution in [0, 0.1) is 0 Å². The van der Waals surface area contributed by atoms with Gasteiger partial charge in [-0.25, -0.2) is 8.42 Å². The van der Waals surface area contributed by atoms with Gasteiger partial charge in [0.15, 0.2) is 0 Å². The lowest BCUT2D eigenvalue weighted by Crippen LogP contribution is -2.25. The molecule has 1 heterocycles. The van der Waals surface area contributed by atoms with Crippen molar-refractivity contribution in [3.8, 4) is 0 Å². The van der Waals surface area contributed by atoms with Crippen molar-refractivity contribution >= 4 is 38.6 Å². The number of thiocarbonyl (C=S) groups is 1. The largest absolute Gasteiger partial charge is 0.336 e. The molecule has 98 valence electrons. The first-order valence-corrected chi connectivity index (χ1v) is 8.12. The molecule has 0 aromatic heterocycles. The Kier molecular flexibility index (Phi) is 3.59. The first kappa shape index (κ1) is 13.3. The van der Waals surface area contributed by atoms with E-state index in [9.17, 15) is 8.42 Å². The van der Waals surface area contributed by atoms with Gasteiger partial charge in [-0.1, -0.05) is 19.1 Å². The fourth-order valence-electron chi connectivity index (χ4n) is 2.13. The highest BCUT2D eigenvalue weighted by Gasteiger charge is 2.23. The van der Waals surface area contributed by atoms with E-state index in [1.165, 1.54) is 0 Å². The van der Waals surface area contributed by atoms with Crippen molar-refractivity contribution in [3.05, 3.63) is 23.8 Å². The molecular formula is C12H16N2O2S2. The van der Waals surface area contributed by atoms with Crippen LogP contribution in [-0.4, -0.2) is 26.2 Å². The molecule has 1 aromatic rings. The summed E-state index contributed by atoms with van der Waals surface area (Å²) in [6.07, 6.45) is 2.89. The second kappa shape index (κ2) is 4.85. The first-order valence-electron chi connectivity index (χ1n) is 5.82. The van der Waals surface area contributed by atoms with E-state index in [1.54, 1.807) is 6.07 Å². The highest BCUT2D eigenvalue weighted by molar-refractivity contribution is 7.92. The van der Waals surface area contributed by atoms with Crippen molar-refractivity contribution in [1.29, 1.82) is 0 Å². The third kappa shape index (κ3) is 2.81. The zero-order valence-corrected chi connectivity index (χ0v) is 12.1. The third-order valence-corrected chi connectivity index (χ3v) is 3.73. The molecule has 0 saturated carbocycles. The molecule has 4 nitrogen and oxygen atoms in total. The normalized spacial score (nSPS) is 14.8. The van der Waals surface area contributed by atoms with Crippen molar-refractivity contribution < 1.29 is 8.42 Å². The molecule has 2 rings (SSSR count). The van der Waals surface area contributed by atoms with Crippen molar-refractivity contribution in [2.24, 2.45) is 0 Å². The predicted octanol–water partition coefficient (Wildman–Crippen LogP) is 2.16. The Morgan fingerprint density at radius 3 is 2.78 bits per heavy atom. The maximum Gasteiger partial charge on any atom is 0.229 e. The van der Waals surface area contributed by atoms with E-state index in [0.29, 0.717) is 12.1 Å². The molecule has 1 aliphatic heterocycles. The molecule has 1 N–H and O–H groups in total. The van der Waals surface area contributed by atoms with Crippen molar-refractivity contribution in [2.45, 2.75) is 19.8 Å². The first-order chi connectivity index (χ1) is 8.40. The van der Waals surface area contributed by atoms with Gasteiger partial charge in [0.1, 0.15) is 0 Å². The number of hydrogen-bond acceptors (Lipinski definition) is 3. The van der Waals surface area contributed by atoms with E-state index in [-0.39, 0.29) is 0 Å². The minimum Gasteiger partial charge on any atom is -0.336 e. The van der Waals surface area contributed by atoms with E-state index in [4.69, 9.17) is 12.2 Å². The fraction of sp³-hybridized carbons (Fsp3) is 0.417. The minimum atomic E-state index is -3.23. The number of sulfonamides is 1. The van der Waals surface area contributed by atoms with Gasteiger partial charge in [0, 0.05) is 24.3 Å². The second-order valence-electron chi connectivity index (χ2n) is 4.44. The van der Waals surface area contributed by atoms with Crippen LogP contribution in [0.15, 0.2) is 18.2 Å². The second-order valence-corrected chi connectivity index (χ2v) is 6.66. The monoisotopic (exact) mass is 284 g/mol. The highest BCUT2D eigenvalue weighted by atomic mass is 32.2. The van der Waals surface area contributed by atoms with Crippen LogP contribution in [0.25, 0.3) is 0 Å². The molecule has 0 amide bonds. The van der Waals surface area contributed by atoms with Crippen LogP contribution >= 0.6 is 12.2 Å². The van der Waals surface area contributed by atoms with Crippen LogP contribution in [0.4, 0.5) is 11.4 Å². The van der Waals surface area contributed by atoms with E-state index in [1.807, 2.05) is 12.1 Å². The highest BCUT2D eigenvalue weighted by Crippen LogP contribution is 2.32. The Morgan fingerprint density at radius 1 is 1.44 bits per heavy atom. The third-order valence-electron chi connectivity index (χ3n) is 2.76. The molecular weight excluding hydrogens is 268 g/mol. The van der Waals surface area contributed by atoms with Crippen molar-refractivity contribution in [1.82, 2.24) is 0 Å². The zero-order valence-electron chi connectivity index (χ0n) is 10.4. The Balaban J connectivity index is 2.30. The van der Waals surface area contributed by atoms with Crippen LogP contribution in [-0.2, 0) is 16.4 Å². The number of nitrogens with one attached hydrogen (secondary N) is 1. The molecule has 6 heteroatoms. The van der Waals surface area contributed by atoms with Crippen molar-refractivity contribution in [2.75, 3.05) is 22.4 Å². The van der Waals surface area contributed by atoms with Gasteiger partial charge < -0.3 is 4.90 Å². The number of anilines is 2. The lowest BCUT2D eigenvalue weighted by Gasteiger charge is -2.18. The van der Waals surface area contributed by atoms with Crippen LogP contribution in [0.2, 0.25) is 0 Å². The number of nitrogens with zero attached hydrogens (tertiary/aromatic N) is 1. The number of fused-ring (bicyclic) bond motifs is 1. The summed E-state index contributed by atoms with van der Waals surface area (Å²) >= 11 is 5.35. The number of benzene rings is 1. The molecule has 0 fully saturated rings.